The fourth-order valence-electron chi connectivity index (χ4n) is 4.57. The lowest BCUT2D eigenvalue weighted by molar-refractivity contribution is -0.161. The van der Waals surface area contributed by atoms with Crippen LogP contribution in [-0.2, 0) is 28.2 Å². The van der Waals surface area contributed by atoms with E-state index < -0.39 is 32.5 Å². The Labute approximate surface area is 327 Å². The van der Waals surface area contributed by atoms with Crippen LogP contribution >= 0.6 is 7.82 Å². The molecule has 0 aliphatic rings. The minimum atomic E-state index is -4.79. The van der Waals surface area contributed by atoms with E-state index in [2.05, 4.69) is 116 Å². The van der Waals surface area contributed by atoms with Crippen LogP contribution in [0.5, 0.6) is 0 Å². The molecule has 0 heterocycles. The summed E-state index contributed by atoms with van der Waals surface area (Å²) >= 11 is 0. The van der Waals surface area contributed by atoms with Crippen LogP contribution in [0.4, 0.5) is 0 Å². The highest BCUT2D eigenvalue weighted by molar-refractivity contribution is 7.46. The Bertz CT molecular complexity index is 1280. The second-order valence-electron chi connectivity index (χ2n) is 12.5. The number of carbonyl (C=O) groups excluding carboxylic acids is 2. The van der Waals surface area contributed by atoms with Gasteiger partial charge in [0.05, 0.1) is 6.61 Å². The molecule has 0 unspecified atom stereocenters. The molecule has 2 N–H and O–H groups in total. The Morgan fingerprint density at radius 1 is 0.500 bits per heavy atom. The lowest BCUT2D eigenvalue weighted by atomic mass is 10.2. The van der Waals surface area contributed by atoms with Gasteiger partial charge in [-0.25, -0.2) is 4.57 Å². The van der Waals surface area contributed by atoms with Crippen LogP contribution in [-0.4, -0.2) is 41.0 Å². The molecule has 0 spiro atoms. The maximum absolute atomic E-state index is 12.4. The van der Waals surface area contributed by atoms with E-state index in [0.717, 1.165) is 57.8 Å². The molecule has 54 heavy (non-hydrogen) atoms. The summed E-state index contributed by atoms with van der Waals surface area (Å²) in [6.07, 6.45) is 56.5. The molecule has 8 nitrogen and oxygen atoms in total. The zero-order chi connectivity index (χ0) is 39.6. The number of hydrogen-bond acceptors (Lipinski definition) is 6. The summed E-state index contributed by atoms with van der Waals surface area (Å²) in [5.74, 6) is -1.06. The zero-order valence-corrected chi connectivity index (χ0v) is 34.0. The fraction of sp³-hybridized carbons (Fsp3) is 0.511. The smallest absolute Gasteiger partial charge is 0.462 e. The molecule has 0 saturated carbocycles. The standard InChI is InChI=1S/C45H69O8P/c1-3-5-7-9-11-13-15-17-19-21-22-24-26-28-30-32-34-36-38-40-45(47)53-43(42-52-54(48,49)50)41-51-44(46)39-37-35-33-31-29-27-25-23-20-18-16-14-12-10-8-6-4-2/h6,8,11-14,17-20,22,24-25,27-28,30-31,33-34,36,43H,3-5,7,9-10,15-16,21,23,26,29,32,35,37-42H2,1-2H3,(H2,48,49,50)/b8-6-,13-11-,14-12-,19-17-,20-18-,24-22-,27-25-,30-28-,33-31-,36-34-/t43-/m1/s1. The van der Waals surface area contributed by atoms with Gasteiger partial charge in [-0.1, -0.05) is 148 Å². The molecule has 0 amide bonds. The van der Waals surface area contributed by atoms with Gasteiger partial charge in [-0.15, -0.1) is 0 Å². The van der Waals surface area contributed by atoms with Gasteiger partial charge in [0.25, 0.3) is 0 Å². The third-order valence-electron chi connectivity index (χ3n) is 7.48. The van der Waals surface area contributed by atoms with Crippen LogP contribution in [0.2, 0.25) is 0 Å². The minimum Gasteiger partial charge on any atom is -0.462 e. The first kappa shape index (κ1) is 50.5. The summed E-state index contributed by atoms with van der Waals surface area (Å²) in [4.78, 5) is 42.7. The highest BCUT2D eigenvalue weighted by atomic mass is 31.2. The van der Waals surface area contributed by atoms with Crippen LogP contribution in [0.3, 0.4) is 0 Å². The predicted octanol–water partition coefficient (Wildman–Crippen LogP) is 12.2. The first-order valence-corrected chi connectivity index (χ1v) is 21.4. The Hall–Kier alpha value is -3.55. The van der Waals surface area contributed by atoms with Crippen molar-refractivity contribution in [2.75, 3.05) is 13.2 Å². The van der Waals surface area contributed by atoms with Crippen LogP contribution < -0.4 is 0 Å². The predicted molar refractivity (Wildman–Crippen MR) is 225 cm³/mol. The summed E-state index contributed by atoms with van der Waals surface area (Å²) in [5.41, 5.74) is 0. The summed E-state index contributed by atoms with van der Waals surface area (Å²) in [7, 11) is -4.79. The lowest BCUT2D eigenvalue weighted by Gasteiger charge is -2.18. The molecular weight excluding hydrogens is 699 g/mol. The summed E-state index contributed by atoms with van der Waals surface area (Å²) < 4.78 is 26.2. The average Bonchev–Trinajstić information content (AvgIpc) is 3.14. The van der Waals surface area contributed by atoms with Crippen molar-refractivity contribution < 1.29 is 37.9 Å². The van der Waals surface area contributed by atoms with Crippen molar-refractivity contribution in [3.05, 3.63) is 122 Å². The molecule has 0 aromatic carbocycles. The van der Waals surface area contributed by atoms with Crippen molar-refractivity contribution >= 4 is 19.8 Å². The largest absolute Gasteiger partial charge is 0.469 e. The molecule has 0 aromatic rings. The molecule has 1 atom stereocenters. The monoisotopic (exact) mass is 768 g/mol. The van der Waals surface area contributed by atoms with Crippen LogP contribution in [0.25, 0.3) is 0 Å². The van der Waals surface area contributed by atoms with Gasteiger partial charge in [-0.3, -0.25) is 14.1 Å². The molecule has 302 valence electrons. The first-order valence-electron chi connectivity index (χ1n) is 19.8. The number of rotatable bonds is 34. The highest BCUT2D eigenvalue weighted by Crippen LogP contribution is 2.35. The molecule has 0 fully saturated rings. The van der Waals surface area contributed by atoms with Crippen molar-refractivity contribution in [1.29, 1.82) is 0 Å². The number of phosphoric ester groups is 1. The topological polar surface area (TPSA) is 119 Å². The fourth-order valence-corrected chi connectivity index (χ4v) is 4.93. The van der Waals surface area contributed by atoms with Crippen LogP contribution in [0, 0.1) is 0 Å². The average molecular weight is 769 g/mol. The van der Waals surface area contributed by atoms with Gasteiger partial charge < -0.3 is 19.3 Å². The van der Waals surface area contributed by atoms with Gasteiger partial charge in [-0.2, -0.15) is 0 Å². The molecule has 0 aliphatic heterocycles. The normalized spacial score (nSPS) is 13.8. The zero-order valence-electron chi connectivity index (χ0n) is 33.1. The molecule has 0 rings (SSSR count). The van der Waals surface area contributed by atoms with E-state index >= 15 is 0 Å². The van der Waals surface area contributed by atoms with Gasteiger partial charge in [0.2, 0.25) is 0 Å². The van der Waals surface area contributed by atoms with Gasteiger partial charge >= 0.3 is 19.8 Å². The Balaban J connectivity index is 4.21. The molecule has 0 aromatic heterocycles. The highest BCUT2D eigenvalue weighted by Gasteiger charge is 2.22. The number of ether oxygens (including phenoxy) is 2. The molecule has 0 bridgehead atoms. The van der Waals surface area contributed by atoms with Crippen molar-refractivity contribution in [2.24, 2.45) is 0 Å². The first-order chi connectivity index (χ1) is 26.3. The van der Waals surface area contributed by atoms with Crippen LogP contribution in [0.15, 0.2) is 122 Å². The van der Waals surface area contributed by atoms with Gasteiger partial charge in [0.1, 0.15) is 6.61 Å². The maximum atomic E-state index is 12.4. The molecule has 0 saturated heterocycles. The van der Waals surface area contributed by atoms with E-state index in [-0.39, 0.29) is 19.4 Å². The number of allylic oxidation sites excluding steroid dienone is 20. The molecule has 0 radical (unpaired) electrons. The number of hydrogen-bond donors (Lipinski definition) is 2. The summed E-state index contributed by atoms with van der Waals surface area (Å²) in [6.45, 7) is 3.40. The van der Waals surface area contributed by atoms with E-state index in [0.29, 0.717) is 19.3 Å². The molecular formula is C45H69O8P. The van der Waals surface area contributed by atoms with E-state index in [1.807, 2.05) is 24.3 Å². The summed E-state index contributed by atoms with van der Waals surface area (Å²) in [6, 6.07) is 0. The lowest BCUT2D eigenvalue weighted by Crippen LogP contribution is -2.29. The van der Waals surface area contributed by atoms with Gasteiger partial charge in [0, 0.05) is 12.8 Å². The van der Waals surface area contributed by atoms with Crippen molar-refractivity contribution in [2.45, 2.75) is 136 Å². The number of esters is 2. The van der Waals surface area contributed by atoms with Gasteiger partial charge in [-0.05, 0) is 89.9 Å². The summed E-state index contributed by atoms with van der Waals surface area (Å²) in [5, 5.41) is 0. The Kier molecular flexibility index (Phi) is 36.6. The van der Waals surface area contributed by atoms with Crippen LogP contribution in [0.1, 0.15) is 129 Å². The quantitative estimate of drug-likeness (QED) is 0.0287. The second-order valence-corrected chi connectivity index (χ2v) is 13.8. The SMILES string of the molecule is CC/C=C\C/C=C\C/C=C\C/C=C\C/C=C\CCCC(=O)OC[C@H](COP(=O)(O)O)OC(=O)CC/C=C\C/C=C\C/C=C\C/C=C\C/C=C\CCCCC. The van der Waals surface area contributed by atoms with Crippen molar-refractivity contribution in [3.8, 4) is 0 Å². The number of unbranched alkanes of at least 4 members (excludes halogenated alkanes) is 4. The Morgan fingerprint density at radius 3 is 1.33 bits per heavy atom. The molecule has 0 aliphatic carbocycles. The van der Waals surface area contributed by atoms with Crippen molar-refractivity contribution in [1.82, 2.24) is 0 Å². The van der Waals surface area contributed by atoms with Gasteiger partial charge in [0.15, 0.2) is 6.10 Å². The Morgan fingerprint density at radius 2 is 0.907 bits per heavy atom. The third kappa shape index (κ3) is 41.2. The number of carbonyl (C=O) groups is 2. The van der Waals surface area contributed by atoms with E-state index in [9.17, 15) is 14.2 Å². The second kappa shape index (κ2) is 39.2. The molecule has 9 heteroatoms. The van der Waals surface area contributed by atoms with E-state index in [1.165, 1.54) is 25.7 Å². The minimum absolute atomic E-state index is 0.0682. The van der Waals surface area contributed by atoms with E-state index in [1.54, 1.807) is 0 Å². The number of phosphoric acid groups is 1. The third-order valence-corrected chi connectivity index (χ3v) is 7.96. The van der Waals surface area contributed by atoms with Crippen molar-refractivity contribution in [3.63, 3.8) is 0 Å². The maximum Gasteiger partial charge on any atom is 0.469 e. The van der Waals surface area contributed by atoms with E-state index in [4.69, 9.17) is 19.3 Å².